The van der Waals surface area contributed by atoms with Crippen LogP contribution >= 0.6 is 0 Å². The first kappa shape index (κ1) is 28.8. The van der Waals surface area contributed by atoms with E-state index in [1.54, 1.807) is 0 Å². The molecule has 0 bridgehead atoms. The molecular formula is C32H44N4O3. The minimum absolute atomic E-state index is 0.0202. The van der Waals surface area contributed by atoms with E-state index in [2.05, 4.69) is 58.0 Å². The summed E-state index contributed by atoms with van der Waals surface area (Å²) in [6, 6.07) is 16.8. The fraction of sp³-hybridized carbons (Fsp3) is 0.500. The van der Waals surface area contributed by atoms with Crippen molar-refractivity contribution in [2.45, 2.75) is 70.7 Å². The number of hydrogen-bond acceptors (Lipinski definition) is 6. The number of anilines is 1. The molecule has 39 heavy (non-hydrogen) atoms. The molecule has 7 heteroatoms. The summed E-state index contributed by atoms with van der Waals surface area (Å²) in [5, 5.41) is 14.0. The molecule has 3 unspecified atom stereocenters. The molecule has 2 aromatic carbocycles. The number of nitrogens with zero attached hydrogens (tertiary/aromatic N) is 1. The third kappa shape index (κ3) is 8.41. The lowest BCUT2D eigenvalue weighted by molar-refractivity contribution is -0.00939. The number of carbonyl (C=O) groups excluding carboxylic acids is 1. The van der Waals surface area contributed by atoms with Gasteiger partial charge in [-0.2, -0.15) is 0 Å². The van der Waals surface area contributed by atoms with Crippen molar-refractivity contribution in [3.63, 3.8) is 0 Å². The summed E-state index contributed by atoms with van der Waals surface area (Å²) < 4.78 is 12.1. The van der Waals surface area contributed by atoms with Crippen molar-refractivity contribution in [2.75, 3.05) is 32.1 Å². The van der Waals surface area contributed by atoms with Crippen molar-refractivity contribution in [3.8, 4) is 0 Å². The van der Waals surface area contributed by atoms with Crippen molar-refractivity contribution in [1.82, 2.24) is 10.2 Å². The minimum atomic E-state index is -0.525. The summed E-state index contributed by atoms with van der Waals surface area (Å²) in [6.45, 7) is 8.97. The van der Waals surface area contributed by atoms with Crippen LogP contribution in [0.25, 0.3) is 5.57 Å². The molecule has 1 aliphatic carbocycles. The van der Waals surface area contributed by atoms with Crippen LogP contribution < -0.4 is 10.6 Å². The molecule has 1 amide bonds. The number of carbonyl (C=O) groups is 1. The van der Waals surface area contributed by atoms with Crippen LogP contribution in [-0.4, -0.2) is 61.7 Å². The summed E-state index contributed by atoms with van der Waals surface area (Å²) >= 11 is 0. The van der Waals surface area contributed by atoms with Crippen LogP contribution in [0.2, 0.25) is 0 Å². The van der Waals surface area contributed by atoms with E-state index >= 15 is 0 Å². The Morgan fingerprint density at radius 1 is 1.15 bits per heavy atom. The van der Waals surface area contributed by atoms with Crippen LogP contribution in [0.4, 0.5) is 10.5 Å². The van der Waals surface area contributed by atoms with E-state index in [9.17, 15) is 4.79 Å². The summed E-state index contributed by atoms with van der Waals surface area (Å²) in [7, 11) is 1.88. The first-order valence-corrected chi connectivity index (χ1v) is 14.1. The van der Waals surface area contributed by atoms with Gasteiger partial charge in [0.05, 0.1) is 12.7 Å². The molecule has 210 valence electrons. The first-order valence-electron chi connectivity index (χ1n) is 14.1. The molecule has 1 saturated heterocycles. The third-order valence-corrected chi connectivity index (χ3v) is 7.53. The Morgan fingerprint density at radius 3 is 2.62 bits per heavy atom. The standard InChI is InChI=1S/C32H44N4O3/c1-32(2,3)39-31(37)35-30-16-17-36(20-23-8-6-5-7-9-23)21-27(30)22-38-28-13-10-24(11-14-28)25-12-15-29(34-4)26(18-25)19-33/h5-10,12,15,18-19,27-28,30,33-34H,11,13-14,16-17,20-22H2,1-4H3,(H,35,37). The highest BCUT2D eigenvalue weighted by Gasteiger charge is 2.32. The van der Waals surface area contributed by atoms with Gasteiger partial charge in [0.15, 0.2) is 0 Å². The molecule has 4 rings (SSSR count). The van der Waals surface area contributed by atoms with Gasteiger partial charge in [-0.1, -0.05) is 42.5 Å². The van der Waals surface area contributed by atoms with Crippen molar-refractivity contribution in [3.05, 3.63) is 71.3 Å². The van der Waals surface area contributed by atoms with Crippen LogP contribution in [-0.2, 0) is 16.0 Å². The summed E-state index contributed by atoms with van der Waals surface area (Å²) in [5.74, 6) is 0.185. The maximum atomic E-state index is 12.6. The average Bonchev–Trinajstić information content (AvgIpc) is 2.92. The zero-order chi connectivity index (χ0) is 27.8. The fourth-order valence-corrected chi connectivity index (χ4v) is 5.50. The quantitative estimate of drug-likeness (QED) is 0.340. The van der Waals surface area contributed by atoms with E-state index in [0.717, 1.165) is 56.6 Å². The van der Waals surface area contributed by atoms with Crippen molar-refractivity contribution in [1.29, 1.82) is 5.41 Å². The van der Waals surface area contributed by atoms with Crippen molar-refractivity contribution < 1.29 is 14.3 Å². The number of likely N-dealkylation sites (tertiary alicyclic amines) is 1. The van der Waals surface area contributed by atoms with E-state index in [-0.39, 0.29) is 24.2 Å². The molecule has 2 aromatic rings. The Labute approximate surface area is 233 Å². The maximum absolute atomic E-state index is 12.6. The van der Waals surface area contributed by atoms with E-state index in [1.807, 2.05) is 40.0 Å². The van der Waals surface area contributed by atoms with Gasteiger partial charge in [-0.3, -0.25) is 4.90 Å². The molecular weight excluding hydrogens is 488 g/mol. The highest BCUT2D eigenvalue weighted by molar-refractivity contribution is 5.88. The molecule has 1 fully saturated rings. The van der Waals surface area contributed by atoms with Gasteiger partial charge in [0, 0.05) is 56.1 Å². The summed E-state index contributed by atoms with van der Waals surface area (Å²) in [5.41, 5.74) is 5.14. The van der Waals surface area contributed by atoms with Crippen LogP contribution in [0.15, 0.2) is 54.6 Å². The highest BCUT2D eigenvalue weighted by atomic mass is 16.6. The van der Waals surface area contributed by atoms with Gasteiger partial charge in [-0.05, 0) is 75.3 Å². The number of rotatable bonds is 9. The van der Waals surface area contributed by atoms with Gasteiger partial charge in [-0.25, -0.2) is 4.79 Å². The number of amides is 1. The van der Waals surface area contributed by atoms with E-state index in [4.69, 9.17) is 14.9 Å². The molecule has 7 nitrogen and oxygen atoms in total. The van der Waals surface area contributed by atoms with Gasteiger partial charge in [0.1, 0.15) is 5.60 Å². The zero-order valence-corrected chi connectivity index (χ0v) is 23.8. The number of benzene rings is 2. The van der Waals surface area contributed by atoms with Gasteiger partial charge in [0.2, 0.25) is 0 Å². The molecule has 1 heterocycles. The lowest BCUT2D eigenvalue weighted by atomic mass is 9.90. The van der Waals surface area contributed by atoms with Crippen LogP contribution in [0.3, 0.4) is 0 Å². The van der Waals surface area contributed by atoms with E-state index in [1.165, 1.54) is 22.9 Å². The molecule has 0 spiro atoms. The predicted octanol–water partition coefficient (Wildman–Crippen LogP) is 6.09. The lowest BCUT2D eigenvalue weighted by Crippen LogP contribution is -2.53. The van der Waals surface area contributed by atoms with Gasteiger partial charge in [-0.15, -0.1) is 0 Å². The Morgan fingerprint density at radius 2 is 1.95 bits per heavy atom. The van der Waals surface area contributed by atoms with E-state index in [0.29, 0.717) is 6.61 Å². The second-order valence-electron chi connectivity index (χ2n) is 11.7. The second-order valence-corrected chi connectivity index (χ2v) is 11.7. The number of allylic oxidation sites excluding steroid dienone is 1. The number of alkyl carbamates (subject to hydrolysis) is 1. The molecule has 3 N–H and O–H groups in total. The van der Waals surface area contributed by atoms with Crippen LogP contribution in [0.1, 0.15) is 63.1 Å². The minimum Gasteiger partial charge on any atom is -0.444 e. The van der Waals surface area contributed by atoms with Crippen LogP contribution in [0.5, 0.6) is 0 Å². The molecule has 1 aliphatic heterocycles. The number of nitrogens with one attached hydrogen (secondary N) is 3. The third-order valence-electron chi connectivity index (χ3n) is 7.53. The second kappa shape index (κ2) is 13.3. The number of hydrogen-bond donors (Lipinski definition) is 3. The lowest BCUT2D eigenvalue weighted by Gasteiger charge is -2.39. The average molecular weight is 533 g/mol. The Balaban J connectivity index is 1.37. The Hall–Kier alpha value is -3.16. The Bertz CT molecular complexity index is 1140. The Kier molecular flexibility index (Phi) is 9.81. The van der Waals surface area contributed by atoms with Gasteiger partial charge >= 0.3 is 6.09 Å². The molecule has 0 aromatic heterocycles. The highest BCUT2D eigenvalue weighted by Crippen LogP contribution is 2.31. The molecule has 0 radical (unpaired) electrons. The van der Waals surface area contributed by atoms with Gasteiger partial charge < -0.3 is 25.5 Å². The summed E-state index contributed by atoms with van der Waals surface area (Å²) in [6.07, 6.45) is 7.15. The monoisotopic (exact) mass is 532 g/mol. The maximum Gasteiger partial charge on any atom is 0.407 e. The van der Waals surface area contributed by atoms with Crippen molar-refractivity contribution >= 4 is 23.6 Å². The topological polar surface area (TPSA) is 86.7 Å². The smallest absolute Gasteiger partial charge is 0.407 e. The molecule has 2 aliphatic rings. The molecule has 0 saturated carbocycles. The predicted molar refractivity (Wildman–Crippen MR) is 158 cm³/mol. The van der Waals surface area contributed by atoms with E-state index < -0.39 is 5.60 Å². The zero-order valence-electron chi connectivity index (χ0n) is 23.8. The SMILES string of the molecule is CNc1ccc(C2=CCC(OCC3CN(Cc4ccccc4)CCC3NC(=O)OC(C)(C)C)CC2)cc1C=N. The first-order chi connectivity index (χ1) is 18.7. The number of piperidine rings is 1. The summed E-state index contributed by atoms with van der Waals surface area (Å²) in [4.78, 5) is 15.1. The number of ether oxygens (including phenoxy) is 2. The molecule has 3 atom stereocenters. The van der Waals surface area contributed by atoms with Crippen LogP contribution in [0, 0.1) is 11.3 Å². The fourth-order valence-electron chi connectivity index (χ4n) is 5.50. The van der Waals surface area contributed by atoms with Crippen molar-refractivity contribution in [2.24, 2.45) is 5.92 Å². The normalized spacial score (nSPS) is 22.1. The van der Waals surface area contributed by atoms with Gasteiger partial charge in [0.25, 0.3) is 0 Å². The largest absolute Gasteiger partial charge is 0.444 e.